The third-order valence-corrected chi connectivity index (χ3v) is 5.48. The maximum atomic E-state index is 12.3. The van der Waals surface area contributed by atoms with E-state index in [1.165, 1.54) is 7.11 Å². The van der Waals surface area contributed by atoms with Crippen molar-refractivity contribution < 1.29 is 24.2 Å². The van der Waals surface area contributed by atoms with Crippen molar-refractivity contribution in [1.29, 1.82) is 0 Å². The number of carboxylic acids is 1. The molecule has 2 N–H and O–H groups in total. The summed E-state index contributed by atoms with van der Waals surface area (Å²) in [6.45, 7) is 2.20. The summed E-state index contributed by atoms with van der Waals surface area (Å²) < 4.78 is 4.85. The van der Waals surface area contributed by atoms with Gasteiger partial charge in [-0.3, -0.25) is 9.59 Å². The van der Waals surface area contributed by atoms with E-state index in [9.17, 15) is 14.4 Å². The maximum Gasteiger partial charge on any atom is 0.326 e. The molecule has 7 nitrogen and oxygen atoms in total. The van der Waals surface area contributed by atoms with E-state index in [-0.39, 0.29) is 23.8 Å². The summed E-state index contributed by atoms with van der Waals surface area (Å²) in [4.78, 5) is 36.7. The summed E-state index contributed by atoms with van der Waals surface area (Å²) >= 11 is 1.58. The van der Waals surface area contributed by atoms with Crippen molar-refractivity contribution >= 4 is 29.5 Å². The van der Waals surface area contributed by atoms with E-state index >= 15 is 0 Å². The van der Waals surface area contributed by atoms with Gasteiger partial charge in [-0.25, -0.2) is 4.79 Å². The van der Waals surface area contributed by atoms with Crippen molar-refractivity contribution in [2.75, 3.05) is 19.5 Å². The molecule has 118 valence electrons. The molecule has 0 aliphatic carbocycles. The number of nitrogens with one attached hydrogen (secondary N) is 1. The van der Waals surface area contributed by atoms with Crippen molar-refractivity contribution in [2.24, 2.45) is 0 Å². The molecular weight excluding hydrogens is 296 g/mol. The van der Waals surface area contributed by atoms with Gasteiger partial charge in [-0.2, -0.15) is 0 Å². The third kappa shape index (κ3) is 3.16. The van der Waals surface area contributed by atoms with Crippen LogP contribution >= 0.6 is 11.8 Å². The summed E-state index contributed by atoms with van der Waals surface area (Å²) in [7, 11) is 1.47. The van der Waals surface area contributed by atoms with E-state index in [0.29, 0.717) is 12.2 Å². The minimum absolute atomic E-state index is 0.0357. The van der Waals surface area contributed by atoms with Gasteiger partial charge in [0.2, 0.25) is 11.8 Å². The fourth-order valence-electron chi connectivity index (χ4n) is 2.78. The highest BCUT2D eigenvalue weighted by molar-refractivity contribution is 8.01. The number of carbonyl (C=O) groups is 3. The second-order valence-electron chi connectivity index (χ2n) is 5.45. The number of carboxylic acid groups (broad SMARTS) is 1. The van der Waals surface area contributed by atoms with Gasteiger partial charge in [-0.1, -0.05) is 0 Å². The lowest BCUT2D eigenvalue weighted by Gasteiger charge is -2.30. The quantitative estimate of drug-likeness (QED) is 0.719. The molecule has 2 heterocycles. The van der Waals surface area contributed by atoms with Crippen LogP contribution in [0.2, 0.25) is 0 Å². The van der Waals surface area contributed by atoms with Crippen LogP contribution in [-0.2, 0) is 19.1 Å². The molecule has 0 aromatic rings. The van der Waals surface area contributed by atoms with Crippen molar-refractivity contribution in [3.63, 3.8) is 0 Å². The number of amides is 2. The smallest absolute Gasteiger partial charge is 0.326 e. The Hall–Kier alpha value is -1.28. The highest BCUT2D eigenvalue weighted by atomic mass is 32.2. The number of thioether (sulfide) groups is 1. The first-order chi connectivity index (χ1) is 9.89. The number of rotatable bonds is 6. The largest absolute Gasteiger partial charge is 0.480 e. The van der Waals surface area contributed by atoms with E-state index in [2.05, 4.69) is 5.32 Å². The number of aliphatic carboxylic acids is 1. The molecule has 2 amide bonds. The van der Waals surface area contributed by atoms with E-state index in [0.717, 1.165) is 6.42 Å². The zero-order chi connectivity index (χ0) is 15.6. The summed E-state index contributed by atoms with van der Waals surface area (Å²) in [5.74, 6) is -1.03. The van der Waals surface area contributed by atoms with E-state index in [1.807, 2.05) is 6.92 Å². The Kier molecular flexibility index (Phi) is 4.77. The number of hydrogen-bond acceptors (Lipinski definition) is 5. The molecule has 2 fully saturated rings. The Labute approximate surface area is 127 Å². The molecule has 3 atom stereocenters. The summed E-state index contributed by atoms with van der Waals surface area (Å²) in [6, 6.07) is -1.58. The Morgan fingerprint density at radius 1 is 1.62 bits per heavy atom. The standard InChI is InChI=1S/C13H20N2O5S/c1-13-5-3-10(16)15(13)9(7-21-13)11(17)14-8(12(18)19)4-6-20-2/h8-9H,3-7H2,1-2H3,(H,14,17)(H,18,19). The predicted molar refractivity (Wildman–Crippen MR) is 76.8 cm³/mol. The Morgan fingerprint density at radius 3 is 2.95 bits per heavy atom. The van der Waals surface area contributed by atoms with Crippen LogP contribution in [0.1, 0.15) is 26.2 Å². The van der Waals surface area contributed by atoms with Crippen molar-refractivity contribution in [2.45, 2.75) is 43.1 Å². The lowest BCUT2D eigenvalue weighted by molar-refractivity contribution is -0.144. The fraction of sp³-hybridized carbons (Fsp3) is 0.769. The van der Waals surface area contributed by atoms with Gasteiger partial charge in [0.1, 0.15) is 12.1 Å². The van der Waals surface area contributed by atoms with Gasteiger partial charge in [-0.15, -0.1) is 11.8 Å². The zero-order valence-electron chi connectivity index (χ0n) is 12.1. The van der Waals surface area contributed by atoms with Gasteiger partial charge in [0.05, 0.1) is 4.87 Å². The molecule has 2 aliphatic heterocycles. The molecule has 2 aliphatic rings. The van der Waals surface area contributed by atoms with Crippen LogP contribution in [0.15, 0.2) is 0 Å². The average Bonchev–Trinajstić information content (AvgIpc) is 2.91. The Morgan fingerprint density at radius 2 is 2.33 bits per heavy atom. The van der Waals surface area contributed by atoms with E-state index in [1.54, 1.807) is 16.7 Å². The van der Waals surface area contributed by atoms with Crippen molar-refractivity contribution in [3.8, 4) is 0 Å². The summed E-state index contributed by atoms with van der Waals surface area (Å²) in [6.07, 6.45) is 1.37. The van der Waals surface area contributed by atoms with Gasteiger partial charge in [0.15, 0.2) is 0 Å². The molecule has 2 rings (SSSR count). The first-order valence-electron chi connectivity index (χ1n) is 6.87. The zero-order valence-corrected chi connectivity index (χ0v) is 12.9. The number of carbonyl (C=O) groups excluding carboxylic acids is 2. The number of methoxy groups -OCH3 is 1. The van der Waals surface area contributed by atoms with E-state index < -0.39 is 24.0 Å². The molecule has 0 aromatic carbocycles. The van der Waals surface area contributed by atoms with Gasteiger partial charge >= 0.3 is 5.97 Å². The second-order valence-corrected chi connectivity index (χ2v) is 6.95. The normalized spacial score (nSPS) is 29.3. The monoisotopic (exact) mass is 316 g/mol. The molecule has 3 unspecified atom stereocenters. The molecule has 8 heteroatoms. The SMILES string of the molecule is COCCC(NC(=O)C1CSC2(C)CCC(=O)N12)C(=O)O. The minimum Gasteiger partial charge on any atom is -0.480 e. The highest BCUT2D eigenvalue weighted by Crippen LogP contribution is 2.47. The Bertz CT molecular complexity index is 458. The molecule has 0 spiro atoms. The second kappa shape index (κ2) is 6.23. The first kappa shape index (κ1) is 16.1. The summed E-state index contributed by atoms with van der Waals surface area (Å²) in [5.41, 5.74) is 0. The molecule has 0 radical (unpaired) electrons. The van der Waals surface area contributed by atoms with Crippen LogP contribution in [0.3, 0.4) is 0 Å². The number of nitrogens with zero attached hydrogens (tertiary/aromatic N) is 1. The topological polar surface area (TPSA) is 95.9 Å². The van der Waals surface area contributed by atoms with Crippen LogP contribution < -0.4 is 5.32 Å². The highest BCUT2D eigenvalue weighted by Gasteiger charge is 2.53. The lowest BCUT2D eigenvalue weighted by Crippen LogP contribution is -2.53. The van der Waals surface area contributed by atoms with Gasteiger partial charge in [0, 0.05) is 32.3 Å². The predicted octanol–water partition coefficient (Wildman–Crippen LogP) is 0.0463. The van der Waals surface area contributed by atoms with Crippen LogP contribution in [0, 0.1) is 0 Å². The molecule has 0 aromatic heterocycles. The molecule has 0 bridgehead atoms. The van der Waals surface area contributed by atoms with Gasteiger partial charge < -0.3 is 20.1 Å². The average molecular weight is 316 g/mol. The first-order valence-corrected chi connectivity index (χ1v) is 7.86. The molecule has 0 saturated carbocycles. The number of fused-ring (bicyclic) bond motifs is 1. The lowest BCUT2D eigenvalue weighted by atomic mass is 10.1. The molecule has 21 heavy (non-hydrogen) atoms. The fourth-order valence-corrected chi connectivity index (χ4v) is 4.21. The minimum atomic E-state index is -1.10. The van der Waals surface area contributed by atoms with Gasteiger partial charge in [0.25, 0.3) is 0 Å². The summed E-state index contributed by atoms with van der Waals surface area (Å²) in [5, 5.41) is 11.6. The third-order valence-electron chi connectivity index (χ3n) is 3.97. The van der Waals surface area contributed by atoms with Crippen LogP contribution in [-0.4, -0.2) is 64.2 Å². The molecular formula is C13H20N2O5S. The van der Waals surface area contributed by atoms with E-state index in [4.69, 9.17) is 9.84 Å². The number of hydrogen-bond donors (Lipinski definition) is 2. The van der Waals surface area contributed by atoms with Gasteiger partial charge in [-0.05, 0) is 13.3 Å². The Balaban J connectivity index is 2.03. The van der Waals surface area contributed by atoms with Crippen LogP contribution in [0.4, 0.5) is 0 Å². The van der Waals surface area contributed by atoms with Crippen LogP contribution in [0.25, 0.3) is 0 Å². The van der Waals surface area contributed by atoms with Crippen molar-refractivity contribution in [3.05, 3.63) is 0 Å². The van der Waals surface area contributed by atoms with Crippen LogP contribution in [0.5, 0.6) is 0 Å². The molecule has 2 saturated heterocycles. The van der Waals surface area contributed by atoms with Crippen molar-refractivity contribution in [1.82, 2.24) is 10.2 Å². The maximum absolute atomic E-state index is 12.3. The number of ether oxygens (including phenoxy) is 1.